The van der Waals surface area contributed by atoms with Crippen LogP contribution in [0.25, 0.3) is 0 Å². The van der Waals surface area contributed by atoms with Crippen molar-refractivity contribution in [2.24, 2.45) is 5.92 Å². The highest BCUT2D eigenvalue weighted by atomic mass is 16.5. The van der Waals surface area contributed by atoms with Gasteiger partial charge in [0.05, 0.1) is 12.2 Å². The summed E-state index contributed by atoms with van der Waals surface area (Å²) in [5.74, 6) is 0.139. The van der Waals surface area contributed by atoms with Gasteiger partial charge in [-0.25, -0.2) is 4.79 Å². The fraction of sp³-hybridized carbons (Fsp3) is 0.588. The number of benzene rings is 1. The molecule has 1 aliphatic heterocycles. The predicted molar refractivity (Wildman–Crippen MR) is 84.3 cm³/mol. The number of piperazine rings is 1. The van der Waals surface area contributed by atoms with Crippen LogP contribution in [0.2, 0.25) is 0 Å². The maximum atomic E-state index is 11.8. The molecule has 1 fully saturated rings. The van der Waals surface area contributed by atoms with E-state index in [9.17, 15) is 4.79 Å². The number of rotatable bonds is 5. The van der Waals surface area contributed by atoms with Gasteiger partial charge in [0, 0.05) is 32.7 Å². The topological polar surface area (TPSA) is 32.8 Å². The van der Waals surface area contributed by atoms with Gasteiger partial charge in [0.15, 0.2) is 0 Å². The average molecular weight is 290 g/mol. The second-order valence-corrected chi connectivity index (χ2v) is 6.27. The maximum absolute atomic E-state index is 11.8. The molecule has 0 aromatic heterocycles. The molecule has 0 spiro atoms. The molecule has 1 aliphatic rings. The van der Waals surface area contributed by atoms with Gasteiger partial charge in [-0.15, -0.1) is 0 Å². The highest BCUT2D eigenvalue weighted by molar-refractivity contribution is 5.89. The van der Waals surface area contributed by atoms with Crippen molar-refractivity contribution in [3.63, 3.8) is 0 Å². The zero-order valence-corrected chi connectivity index (χ0v) is 13.3. The Morgan fingerprint density at radius 3 is 2.33 bits per heavy atom. The number of carbonyl (C=O) groups excluding carboxylic acids is 1. The van der Waals surface area contributed by atoms with Crippen molar-refractivity contribution >= 4 is 5.97 Å². The van der Waals surface area contributed by atoms with Gasteiger partial charge in [-0.3, -0.25) is 4.90 Å². The number of hydrogen-bond donors (Lipinski definition) is 0. The Balaban J connectivity index is 1.85. The predicted octanol–water partition coefficient (Wildman–Crippen LogP) is 2.25. The van der Waals surface area contributed by atoms with Crippen LogP contribution in [-0.2, 0) is 11.3 Å². The van der Waals surface area contributed by atoms with E-state index >= 15 is 0 Å². The highest BCUT2D eigenvalue weighted by Crippen LogP contribution is 2.11. The average Bonchev–Trinajstić information content (AvgIpc) is 2.48. The molecular weight excluding hydrogens is 264 g/mol. The second kappa shape index (κ2) is 7.57. The number of hydrogen-bond acceptors (Lipinski definition) is 4. The smallest absolute Gasteiger partial charge is 0.338 e. The molecule has 1 heterocycles. The van der Waals surface area contributed by atoms with Crippen molar-refractivity contribution in [1.29, 1.82) is 0 Å². The van der Waals surface area contributed by atoms with Crippen LogP contribution in [-0.4, -0.2) is 55.6 Å². The van der Waals surface area contributed by atoms with Gasteiger partial charge in [0.1, 0.15) is 0 Å². The number of ether oxygens (including phenoxy) is 1. The van der Waals surface area contributed by atoms with E-state index < -0.39 is 0 Å². The molecule has 0 radical (unpaired) electrons. The minimum atomic E-state index is -0.227. The summed E-state index contributed by atoms with van der Waals surface area (Å²) in [5.41, 5.74) is 1.89. The van der Waals surface area contributed by atoms with E-state index in [1.807, 2.05) is 38.1 Å². The summed E-state index contributed by atoms with van der Waals surface area (Å²) in [5, 5.41) is 0. The van der Waals surface area contributed by atoms with Crippen molar-refractivity contribution in [2.75, 3.05) is 39.8 Å². The summed E-state index contributed by atoms with van der Waals surface area (Å²) < 4.78 is 5.24. The molecule has 0 amide bonds. The molecule has 0 unspecified atom stereocenters. The number of nitrogens with zero attached hydrogens (tertiary/aromatic N) is 2. The maximum Gasteiger partial charge on any atom is 0.338 e. The molecule has 4 nitrogen and oxygen atoms in total. The lowest BCUT2D eigenvalue weighted by Gasteiger charge is -2.32. The normalized spacial score (nSPS) is 17.1. The van der Waals surface area contributed by atoms with Gasteiger partial charge in [-0.2, -0.15) is 0 Å². The van der Waals surface area contributed by atoms with E-state index in [-0.39, 0.29) is 5.97 Å². The van der Waals surface area contributed by atoms with Gasteiger partial charge in [0.2, 0.25) is 0 Å². The first-order valence-corrected chi connectivity index (χ1v) is 7.71. The minimum absolute atomic E-state index is 0.227. The summed E-state index contributed by atoms with van der Waals surface area (Å²) in [6, 6.07) is 7.80. The molecule has 21 heavy (non-hydrogen) atoms. The first-order chi connectivity index (χ1) is 10.0. The molecule has 0 aliphatic carbocycles. The van der Waals surface area contributed by atoms with Crippen LogP contribution in [0.3, 0.4) is 0 Å². The summed E-state index contributed by atoms with van der Waals surface area (Å²) in [4.78, 5) is 16.7. The number of carbonyl (C=O) groups is 1. The summed E-state index contributed by atoms with van der Waals surface area (Å²) in [6.45, 7) is 9.96. The molecule has 1 aromatic carbocycles. The largest absolute Gasteiger partial charge is 0.462 e. The fourth-order valence-electron chi connectivity index (χ4n) is 2.34. The molecule has 0 saturated carbocycles. The van der Waals surface area contributed by atoms with E-state index in [4.69, 9.17) is 4.74 Å². The SMILES string of the molecule is CC(C)COC(=O)c1ccc(CN2CCN(C)CC2)cc1. The van der Waals surface area contributed by atoms with Crippen LogP contribution in [0.15, 0.2) is 24.3 Å². The zero-order valence-electron chi connectivity index (χ0n) is 13.3. The fourth-order valence-corrected chi connectivity index (χ4v) is 2.34. The number of esters is 1. The van der Waals surface area contributed by atoms with E-state index in [0.717, 1.165) is 32.7 Å². The van der Waals surface area contributed by atoms with Crippen molar-refractivity contribution in [2.45, 2.75) is 20.4 Å². The quantitative estimate of drug-likeness (QED) is 0.779. The highest BCUT2D eigenvalue weighted by Gasteiger charge is 2.14. The molecule has 0 atom stereocenters. The van der Waals surface area contributed by atoms with Gasteiger partial charge < -0.3 is 9.64 Å². The van der Waals surface area contributed by atoms with Crippen LogP contribution in [0, 0.1) is 5.92 Å². The van der Waals surface area contributed by atoms with Crippen LogP contribution in [0.4, 0.5) is 0 Å². The Hall–Kier alpha value is -1.39. The van der Waals surface area contributed by atoms with Gasteiger partial charge in [-0.05, 0) is 30.7 Å². The van der Waals surface area contributed by atoms with Crippen molar-refractivity contribution in [3.8, 4) is 0 Å². The Bertz CT molecular complexity index is 448. The van der Waals surface area contributed by atoms with Gasteiger partial charge >= 0.3 is 5.97 Å². The molecule has 2 rings (SSSR count). The van der Waals surface area contributed by atoms with Gasteiger partial charge in [0.25, 0.3) is 0 Å². The summed E-state index contributed by atoms with van der Waals surface area (Å²) >= 11 is 0. The molecule has 1 saturated heterocycles. The lowest BCUT2D eigenvalue weighted by atomic mass is 10.1. The minimum Gasteiger partial charge on any atom is -0.462 e. The Labute approximate surface area is 127 Å². The first kappa shape index (κ1) is 16.0. The van der Waals surface area contributed by atoms with E-state index in [1.165, 1.54) is 5.56 Å². The van der Waals surface area contributed by atoms with Crippen LogP contribution >= 0.6 is 0 Å². The van der Waals surface area contributed by atoms with Crippen molar-refractivity contribution in [1.82, 2.24) is 9.80 Å². The molecule has 4 heteroatoms. The molecular formula is C17H26N2O2. The van der Waals surface area contributed by atoms with Crippen molar-refractivity contribution < 1.29 is 9.53 Å². The van der Waals surface area contributed by atoms with E-state index in [0.29, 0.717) is 18.1 Å². The monoisotopic (exact) mass is 290 g/mol. The molecule has 0 bridgehead atoms. The Kier molecular flexibility index (Phi) is 5.76. The van der Waals surface area contributed by atoms with Crippen molar-refractivity contribution in [3.05, 3.63) is 35.4 Å². The molecule has 0 N–H and O–H groups in total. The third-order valence-electron chi connectivity index (χ3n) is 3.74. The third kappa shape index (κ3) is 5.14. The lowest BCUT2D eigenvalue weighted by Crippen LogP contribution is -2.43. The Morgan fingerprint density at radius 2 is 1.76 bits per heavy atom. The second-order valence-electron chi connectivity index (χ2n) is 6.27. The Morgan fingerprint density at radius 1 is 1.14 bits per heavy atom. The standard InChI is InChI=1S/C17H26N2O2/c1-14(2)13-21-17(20)16-6-4-15(5-7-16)12-19-10-8-18(3)9-11-19/h4-7,14H,8-13H2,1-3H3. The summed E-state index contributed by atoms with van der Waals surface area (Å²) in [7, 11) is 2.16. The van der Waals surface area contributed by atoms with Crippen LogP contribution in [0.5, 0.6) is 0 Å². The van der Waals surface area contributed by atoms with Gasteiger partial charge in [-0.1, -0.05) is 26.0 Å². The molecule has 1 aromatic rings. The van der Waals surface area contributed by atoms with E-state index in [2.05, 4.69) is 16.8 Å². The lowest BCUT2D eigenvalue weighted by molar-refractivity contribution is 0.0459. The number of likely N-dealkylation sites (N-methyl/N-ethyl adjacent to an activating group) is 1. The third-order valence-corrected chi connectivity index (χ3v) is 3.74. The van der Waals surface area contributed by atoms with Crippen LogP contribution < -0.4 is 0 Å². The van der Waals surface area contributed by atoms with Crippen LogP contribution in [0.1, 0.15) is 29.8 Å². The first-order valence-electron chi connectivity index (χ1n) is 7.71. The molecule has 116 valence electrons. The van der Waals surface area contributed by atoms with E-state index in [1.54, 1.807) is 0 Å². The summed E-state index contributed by atoms with van der Waals surface area (Å²) in [6.07, 6.45) is 0. The zero-order chi connectivity index (χ0) is 15.2.